The summed E-state index contributed by atoms with van der Waals surface area (Å²) in [6.45, 7) is 0.879. The van der Waals surface area contributed by atoms with Crippen molar-refractivity contribution in [2.75, 3.05) is 13.1 Å². The first-order valence-electron chi connectivity index (χ1n) is 11.1. The number of carbonyl (C=O) groups is 1. The number of urea groups is 1. The van der Waals surface area contributed by atoms with Crippen molar-refractivity contribution in [1.29, 1.82) is 0 Å². The highest BCUT2D eigenvalue weighted by molar-refractivity contribution is 7.89. The van der Waals surface area contributed by atoms with Gasteiger partial charge >= 0.3 is 6.03 Å². The molecular formula is C22H31N3O3S. The minimum atomic E-state index is -3.52. The molecule has 0 radical (unpaired) electrons. The molecule has 1 unspecified atom stereocenters. The number of nitrogens with one attached hydrogen (secondary N) is 2. The molecular weight excluding hydrogens is 386 g/mol. The summed E-state index contributed by atoms with van der Waals surface area (Å²) in [5.74, 6) is 2.34. The van der Waals surface area contributed by atoms with E-state index < -0.39 is 10.0 Å². The molecule has 2 N–H and O–H groups in total. The molecule has 6 rings (SSSR count). The number of benzene rings is 1. The average molecular weight is 418 g/mol. The van der Waals surface area contributed by atoms with Crippen LogP contribution in [0.3, 0.4) is 0 Å². The van der Waals surface area contributed by atoms with E-state index in [1.807, 2.05) is 6.07 Å². The van der Waals surface area contributed by atoms with Crippen LogP contribution in [0.15, 0.2) is 35.2 Å². The van der Waals surface area contributed by atoms with Gasteiger partial charge in [0.05, 0.1) is 4.90 Å². The van der Waals surface area contributed by atoms with E-state index in [0.717, 1.165) is 49.9 Å². The first-order chi connectivity index (χ1) is 13.9. The molecule has 1 aromatic rings. The topological polar surface area (TPSA) is 78.5 Å². The van der Waals surface area contributed by atoms with Crippen LogP contribution in [0, 0.1) is 17.8 Å². The Hall–Kier alpha value is -1.60. The molecule has 1 atom stereocenters. The zero-order valence-electron chi connectivity index (χ0n) is 16.8. The SMILES string of the molecule is O=C(NCC1CCCN1S(=O)(=O)c1ccccc1)NC12CC3CC(CC(C3)C1)C2. The molecule has 1 aromatic carbocycles. The van der Waals surface area contributed by atoms with Crippen molar-refractivity contribution in [3.05, 3.63) is 30.3 Å². The van der Waals surface area contributed by atoms with Crippen LogP contribution >= 0.6 is 0 Å². The summed E-state index contributed by atoms with van der Waals surface area (Å²) in [4.78, 5) is 13.0. The quantitative estimate of drug-likeness (QED) is 0.773. The summed E-state index contributed by atoms with van der Waals surface area (Å²) >= 11 is 0. The standard InChI is InChI=1S/C22H31N3O3S/c26-21(24-22-12-16-9-17(13-22)11-18(10-16)14-22)23-15-19-5-4-8-25(19)29(27,28)20-6-2-1-3-7-20/h1-3,6-7,16-19H,4-5,8-15H2,(H2,23,24,26). The van der Waals surface area contributed by atoms with Gasteiger partial charge in [0.1, 0.15) is 0 Å². The molecule has 1 heterocycles. The second kappa shape index (κ2) is 7.27. The number of carbonyl (C=O) groups excluding carboxylic acids is 1. The van der Waals surface area contributed by atoms with E-state index in [0.29, 0.717) is 18.0 Å². The summed E-state index contributed by atoms with van der Waals surface area (Å²) in [6.07, 6.45) is 8.99. The van der Waals surface area contributed by atoms with Gasteiger partial charge in [-0.15, -0.1) is 0 Å². The van der Waals surface area contributed by atoms with Crippen molar-refractivity contribution in [3.63, 3.8) is 0 Å². The lowest BCUT2D eigenvalue weighted by Crippen LogP contribution is -2.62. The first-order valence-corrected chi connectivity index (χ1v) is 12.5. The molecule has 158 valence electrons. The van der Waals surface area contributed by atoms with Gasteiger partial charge in [-0.2, -0.15) is 4.31 Å². The van der Waals surface area contributed by atoms with Crippen LogP contribution in [-0.4, -0.2) is 43.4 Å². The Bertz CT molecular complexity index is 835. The number of amides is 2. The zero-order chi connectivity index (χ0) is 20.1. The van der Waals surface area contributed by atoms with Crippen molar-refractivity contribution in [1.82, 2.24) is 14.9 Å². The lowest BCUT2D eigenvalue weighted by Gasteiger charge is -2.56. The van der Waals surface area contributed by atoms with Crippen LogP contribution in [0.1, 0.15) is 51.4 Å². The Morgan fingerprint density at radius 3 is 2.28 bits per heavy atom. The smallest absolute Gasteiger partial charge is 0.315 e. The van der Waals surface area contributed by atoms with Gasteiger partial charge in [0.2, 0.25) is 10.0 Å². The van der Waals surface area contributed by atoms with Crippen LogP contribution < -0.4 is 10.6 Å². The summed E-state index contributed by atoms with van der Waals surface area (Å²) in [6, 6.07) is 8.27. The molecule has 2 amide bonds. The first kappa shape index (κ1) is 19.4. The maximum atomic E-state index is 13.0. The molecule has 4 saturated carbocycles. The maximum absolute atomic E-state index is 13.0. The normalized spacial score (nSPS) is 36.3. The number of rotatable bonds is 5. The van der Waals surface area contributed by atoms with Gasteiger partial charge in [-0.3, -0.25) is 0 Å². The number of hydrogen-bond donors (Lipinski definition) is 2. The number of nitrogens with zero attached hydrogens (tertiary/aromatic N) is 1. The predicted octanol–water partition coefficient (Wildman–Crippen LogP) is 3.11. The van der Waals surface area contributed by atoms with E-state index in [2.05, 4.69) is 10.6 Å². The summed E-state index contributed by atoms with van der Waals surface area (Å²) < 4.78 is 27.5. The molecule has 7 heteroatoms. The van der Waals surface area contributed by atoms with Gasteiger partial charge < -0.3 is 10.6 Å². The van der Waals surface area contributed by atoms with E-state index >= 15 is 0 Å². The van der Waals surface area contributed by atoms with E-state index in [1.54, 1.807) is 28.6 Å². The van der Waals surface area contributed by atoms with Gasteiger partial charge in [-0.05, 0) is 81.3 Å². The minimum Gasteiger partial charge on any atom is -0.337 e. The third kappa shape index (κ3) is 3.67. The van der Waals surface area contributed by atoms with Gasteiger partial charge in [-0.25, -0.2) is 13.2 Å². The van der Waals surface area contributed by atoms with E-state index in [-0.39, 0.29) is 17.6 Å². The Morgan fingerprint density at radius 2 is 1.66 bits per heavy atom. The highest BCUT2D eigenvalue weighted by Gasteiger charge is 2.51. The van der Waals surface area contributed by atoms with Crippen LogP contribution in [0.25, 0.3) is 0 Å². The summed E-state index contributed by atoms with van der Waals surface area (Å²) in [5.41, 5.74) is -0.0235. The fraction of sp³-hybridized carbons (Fsp3) is 0.682. The highest BCUT2D eigenvalue weighted by Crippen LogP contribution is 2.55. The molecule has 1 aliphatic heterocycles. The lowest BCUT2D eigenvalue weighted by molar-refractivity contribution is -0.0135. The summed E-state index contributed by atoms with van der Waals surface area (Å²) in [7, 11) is -3.52. The molecule has 6 nitrogen and oxygen atoms in total. The lowest BCUT2D eigenvalue weighted by atomic mass is 9.53. The van der Waals surface area contributed by atoms with Crippen molar-refractivity contribution in [2.24, 2.45) is 17.8 Å². The zero-order valence-corrected chi connectivity index (χ0v) is 17.7. The fourth-order valence-corrected chi connectivity index (χ4v) is 8.53. The van der Waals surface area contributed by atoms with E-state index in [1.165, 1.54) is 19.3 Å². The number of hydrogen-bond acceptors (Lipinski definition) is 3. The Balaban J connectivity index is 1.20. The van der Waals surface area contributed by atoms with Crippen molar-refractivity contribution >= 4 is 16.1 Å². The van der Waals surface area contributed by atoms with Crippen molar-refractivity contribution in [3.8, 4) is 0 Å². The molecule has 0 spiro atoms. The molecule has 1 saturated heterocycles. The van der Waals surface area contributed by atoms with Gasteiger partial charge in [0, 0.05) is 24.7 Å². The number of sulfonamides is 1. The average Bonchev–Trinajstić information content (AvgIpc) is 3.15. The third-order valence-electron chi connectivity index (χ3n) is 7.59. The maximum Gasteiger partial charge on any atom is 0.315 e. The van der Waals surface area contributed by atoms with Crippen LogP contribution in [0.2, 0.25) is 0 Å². The van der Waals surface area contributed by atoms with E-state index in [4.69, 9.17) is 0 Å². The fourth-order valence-electron chi connectivity index (χ4n) is 6.82. The molecule has 5 fully saturated rings. The molecule has 29 heavy (non-hydrogen) atoms. The molecule has 4 bridgehead atoms. The Labute approximate surface area is 173 Å². The Morgan fingerprint density at radius 1 is 1.03 bits per heavy atom. The van der Waals surface area contributed by atoms with E-state index in [9.17, 15) is 13.2 Å². The van der Waals surface area contributed by atoms with Crippen LogP contribution in [-0.2, 0) is 10.0 Å². The van der Waals surface area contributed by atoms with Crippen LogP contribution in [0.4, 0.5) is 4.79 Å². The molecule has 5 aliphatic rings. The van der Waals surface area contributed by atoms with Gasteiger partial charge in [0.15, 0.2) is 0 Å². The van der Waals surface area contributed by atoms with Crippen molar-refractivity contribution < 1.29 is 13.2 Å². The van der Waals surface area contributed by atoms with Crippen molar-refractivity contribution in [2.45, 2.75) is 67.8 Å². The third-order valence-corrected chi connectivity index (χ3v) is 9.55. The Kier molecular flexibility index (Phi) is 4.86. The molecule has 4 aliphatic carbocycles. The second-order valence-electron chi connectivity index (χ2n) is 9.76. The largest absolute Gasteiger partial charge is 0.337 e. The highest BCUT2D eigenvalue weighted by atomic mass is 32.2. The predicted molar refractivity (Wildman–Crippen MR) is 111 cm³/mol. The second-order valence-corrected chi connectivity index (χ2v) is 11.6. The summed E-state index contributed by atoms with van der Waals surface area (Å²) in [5, 5.41) is 6.31. The van der Waals surface area contributed by atoms with Gasteiger partial charge in [-0.1, -0.05) is 18.2 Å². The van der Waals surface area contributed by atoms with Gasteiger partial charge in [0.25, 0.3) is 0 Å². The van der Waals surface area contributed by atoms with Crippen LogP contribution in [0.5, 0.6) is 0 Å². The monoisotopic (exact) mass is 417 g/mol. The molecule has 0 aromatic heterocycles. The minimum absolute atomic E-state index is 0.0235.